The molecule has 19 heavy (non-hydrogen) atoms. The number of hydrogen-bond donors (Lipinski definition) is 0. The number of methoxy groups -OCH3 is 1. The largest absolute Gasteiger partial charge is 0.496 e. The van der Waals surface area contributed by atoms with Gasteiger partial charge in [-0.25, -0.2) is 0 Å². The van der Waals surface area contributed by atoms with Gasteiger partial charge in [0.15, 0.2) is 0 Å². The summed E-state index contributed by atoms with van der Waals surface area (Å²) >= 11 is 0. The highest BCUT2D eigenvalue weighted by Gasteiger charge is 2.08. The van der Waals surface area contributed by atoms with Crippen molar-refractivity contribution in [1.82, 2.24) is 0 Å². The summed E-state index contributed by atoms with van der Waals surface area (Å²) in [5.41, 5.74) is 2.31. The van der Waals surface area contributed by atoms with Crippen LogP contribution in [0.15, 0.2) is 24.8 Å². The Balaban J connectivity index is 2.90. The van der Waals surface area contributed by atoms with Crippen molar-refractivity contribution in [2.24, 2.45) is 0 Å². The molecule has 0 aliphatic rings. The molecule has 0 unspecified atom stereocenters. The van der Waals surface area contributed by atoms with Crippen molar-refractivity contribution in [3.05, 3.63) is 30.3 Å². The Kier molecular flexibility index (Phi) is 7.09. The minimum atomic E-state index is 0.908. The third kappa shape index (κ3) is 4.62. The first-order valence-electron chi connectivity index (χ1n) is 7.32. The van der Waals surface area contributed by atoms with Gasteiger partial charge in [0.25, 0.3) is 0 Å². The second-order valence-electron chi connectivity index (χ2n) is 4.82. The van der Waals surface area contributed by atoms with E-state index in [2.05, 4.69) is 43.5 Å². The van der Waals surface area contributed by atoms with E-state index in [1.807, 2.05) is 6.08 Å². The minimum absolute atomic E-state index is 0.908. The van der Waals surface area contributed by atoms with E-state index in [9.17, 15) is 0 Å². The molecular weight excluding hydrogens is 234 g/mol. The predicted molar refractivity (Wildman–Crippen MR) is 85.1 cm³/mol. The number of ether oxygens (including phenoxy) is 1. The lowest BCUT2D eigenvalue weighted by molar-refractivity contribution is 0.414. The number of unbranched alkanes of at least 4 members (excludes halogenated alkanes) is 2. The Labute approximate surface area is 118 Å². The molecule has 0 radical (unpaired) electrons. The molecule has 0 bridgehead atoms. The van der Waals surface area contributed by atoms with Gasteiger partial charge in [0.2, 0.25) is 0 Å². The van der Waals surface area contributed by atoms with Crippen LogP contribution in [0.1, 0.15) is 45.1 Å². The topological polar surface area (TPSA) is 12.5 Å². The van der Waals surface area contributed by atoms with Gasteiger partial charge in [-0.3, -0.25) is 0 Å². The number of benzene rings is 1. The molecule has 1 rings (SSSR count). The Morgan fingerprint density at radius 3 is 2.26 bits per heavy atom. The average Bonchev–Trinajstić information content (AvgIpc) is 2.46. The van der Waals surface area contributed by atoms with E-state index in [0.717, 1.165) is 24.4 Å². The highest BCUT2D eigenvalue weighted by molar-refractivity contribution is 5.62. The van der Waals surface area contributed by atoms with Crippen LogP contribution in [0.25, 0.3) is 6.08 Å². The Morgan fingerprint density at radius 1 is 1.16 bits per heavy atom. The van der Waals surface area contributed by atoms with Crippen LogP contribution in [0.4, 0.5) is 5.69 Å². The average molecular weight is 261 g/mol. The van der Waals surface area contributed by atoms with Crippen molar-refractivity contribution in [2.45, 2.75) is 39.5 Å². The summed E-state index contributed by atoms with van der Waals surface area (Å²) in [6.07, 6.45) is 6.75. The van der Waals surface area contributed by atoms with Gasteiger partial charge in [-0.15, -0.1) is 0 Å². The van der Waals surface area contributed by atoms with Crippen LogP contribution in [0.5, 0.6) is 5.75 Å². The van der Waals surface area contributed by atoms with E-state index in [-0.39, 0.29) is 0 Å². The van der Waals surface area contributed by atoms with Gasteiger partial charge in [0, 0.05) is 30.4 Å². The molecule has 1 aromatic rings. The lowest BCUT2D eigenvalue weighted by Gasteiger charge is -2.25. The summed E-state index contributed by atoms with van der Waals surface area (Å²) < 4.78 is 5.44. The summed E-state index contributed by atoms with van der Waals surface area (Å²) in [6, 6.07) is 6.39. The zero-order valence-corrected chi connectivity index (χ0v) is 12.6. The predicted octanol–water partition coefficient (Wildman–Crippen LogP) is 4.74. The molecule has 2 nitrogen and oxygen atoms in total. The molecule has 2 heteroatoms. The first-order valence-corrected chi connectivity index (χ1v) is 7.32. The van der Waals surface area contributed by atoms with E-state index in [0.29, 0.717) is 0 Å². The van der Waals surface area contributed by atoms with Crippen LogP contribution in [0.3, 0.4) is 0 Å². The van der Waals surface area contributed by atoms with E-state index in [1.54, 1.807) is 7.11 Å². The zero-order chi connectivity index (χ0) is 14.1. The summed E-state index contributed by atoms with van der Waals surface area (Å²) in [6.45, 7) is 10.5. The van der Waals surface area contributed by atoms with Gasteiger partial charge >= 0.3 is 0 Å². The SMILES string of the molecule is C=Cc1ccc(N(CCCC)CCCC)cc1OC. The summed E-state index contributed by atoms with van der Waals surface area (Å²) in [5, 5.41) is 0. The standard InChI is InChI=1S/C17H27NO/c1-5-8-12-18(13-9-6-2)16-11-10-15(7-3)17(14-16)19-4/h7,10-11,14H,3,5-6,8-9,12-13H2,1-2,4H3. The lowest BCUT2D eigenvalue weighted by atomic mass is 10.1. The maximum atomic E-state index is 5.44. The maximum Gasteiger partial charge on any atom is 0.128 e. The molecule has 0 heterocycles. The third-order valence-electron chi connectivity index (χ3n) is 3.37. The maximum absolute atomic E-state index is 5.44. The van der Waals surface area contributed by atoms with Crippen molar-refractivity contribution in [3.8, 4) is 5.75 Å². The zero-order valence-electron chi connectivity index (χ0n) is 12.6. The molecule has 106 valence electrons. The number of rotatable bonds is 9. The van der Waals surface area contributed by atoms with Gasteiger partial charge in [0.1, 0.15) is 5.75 Å². The fourth-order valence-electron chi connectivity index (χ4n) is 2.13. The van der Waals surface area contributed by atoms with E-state index >= 15 is 0 Å². The van der Waals surface area contributed by atoms with Crippen LogP contribution < -0.4 is 9.64 Å². The normalized spacial score (nSPS) is 10.3. The van der Waals surface area contributed by atoms with E-state index in [1.165, 1.54) is 31.4 Å². The minimum Gasteiger partial charge on any atom is -0.496 e. The molecule has 0 aliphatic heterocycles. The summed E-state index contributed by atoms with van der Waals surface area (Å²) in [4.78, 5) is 2.46. The fraction of sp³-hybridized carbons (Fsp3) is 0.529. The molecule has 0 saturated heterocycles. The Morgan fingerprint density at radius 2 is 1.79 bits per heavy atom. The smallest absolute Gasteiger partial charge is 0.128 e. The molecule has 0 amide bonds. The Hall–Kier alpha value is -1.44. The second kappa shape index (κ2) is 8.63. The van der Waals surface area contributed by atoms with Crippen molar-refractivity contribution >= 4 is 11.8 Å². The first-order chi connectivity index (χ1) is 9.26. The highest BCUT2D eigenvalue weighted by Crippen LogP contribution is 2.27. The van der Waals surface area contributed by atoms with Gasteiger partial charge in [-0.1, -0.05) is 39.3 Å². The van der Waals surface area contributed by atoms with E-state index in [4.69, 9.17) is 4.74 Å². The van der Waals surface area contributed by atoms with Crippen LogP contribution in [0, 0.1) is 0 Å². The number of nitrogens with zero attached hydrogens (tertiary/aromatic N) is 1. The fourth-order valence-corrected chi connectivity index (χ4v) is 2.13. The molecule has 0 N–H and O–H groups in total. The van der Waals surface area contributed by atoms with Crippen LogP contribution in [-0.4, -0.2) is 20.2 Å². The molecule has 0 atom stereocenters. The van der Waals surface area contributed by atoms with Gasteiger partial charge in [0.05, 0.1) is 7.11 Å². The van der Waals surface area contributed by atoms with Crippen LogP contribution >= 0.6 is 0 Å². The summed E-state index contributed by atoms with van der Waals surface area (Å²) in [5.74, 6) is 0.908. The summed E-state index contributed by atoms with van der Waals surface area (Å²) in [7, 11) is 1.72. The van der Waals surface area contributed by atoms with Gasteiger partial charge < -0.3 is 9.64 Å². The van der Waals surface area contributed by atoms with Crippen molar-refractivity contribution in [1.29, 1.82) is 0 Å². The van der Waals surface area contributed by atoms with Crippen LogP contribution in [-0.2, 0) is 0 Å². The van der Waals surface area contributed by atoms with Crippen molar-refractivity contribution < 1.29 is 4.74 Å². The highest BCUT2D eigenvalue weighted by atomic mass is 16.5. The Bertz CT molecular complexity index is 379. The molecule has 0 aliphatic carbocycles. The van der Waals surface area contributed by atoms with E-state index < -0.39 is 0 Å². The number of anilines is 1. The number of hydrogen-bond acceptors (Lipinski definition) is 2. The van der Waals surface area contributed by atoms with Crippen LogP contribution in [0.2, 0.25) is 0 Å². The van der Waals surface area contributed by atoms with Crippen molar-refractivity contribution in [2.75, 3.05) is 25.1 Å². The van der Waals surface area contributed by atoms with Gasteiger partial charge in [-0.05, 0) is 25.0 Å². The van der Waals surface area contributed by atoms with Crippen molar-refractivity contribution in [3.63, 3.8) is 0 Å². The molecule has 0 spiro atoms. The third-order valence-corrected chi connectivity index (χ3v) is 3.37. The quantitative estimate of drug-likeness (QED) is 0.636. The lowest BCUT2D eigenvalue weighted by Crippen LogP contribution is -2.25. The molecular formula is C17H27NO. The molecule has 1 aromatic carbocycles. The molecule has 0 aromatic heterocycles. The first kappa shape index (κ1) is 15.6. The monoisotopic (exact) mass is 261 g/mol. The molecule has 0 saturated carbocycles. The van der Waals surface area contributed by atoms with Gasteiger partial charge in [-0.2, -0.15) is 0 Å². The second-order valence-corrected chi connectivity index (χ2v) is 4.82. The molecule has 0 fully saturated rings.